The number of carbonyl (C=O) groups is 1. The molecule has 2 aliphatic rings. The van der Waals surface area contributed by atoms with Gasteiger partial charge in [0, 0.05) is 19.0 Å². The Morgan fingerprint density at radius 2 is 2.10 bits per heavy atom. The van der Waals surface area contributed by atoms with Crippen LogP contribution in [0.3, 0.4) is 0 Å². The lowest BCUT2D eigenvalue weighted by atomic mass is 10.1. The van der Waals surface area contributed by atoms with Crippen molar-refractivity contribution in [3.8, 4) is 0 Å². The van der Waals surface area contributed by atoms with Gasteiger partial charge in [0.2, 0.25) is 0 Å². The topological polar surface area (TPSA) is 55.1 Å². The quantitative estimate of drug-likeness (QED) is 0.797. The van der Waals surface area contributed by atoms with Crippen molar-refractivity contribution in [3.05, 3.63) is 10.4 Å². The van der Waals surface area contributed by atoms with Gasteiger partial charge in [-0.3, -0.25) is 4.79 Å². The van der Waals surface area contributed by atoms with E-state index in [9.17, 15) is 4.79 Å². The predicted octanol–water partition coefficient (Wildman–Crippen LogP) is 4.26. The Balaban J connectivity index is 1.74. The smallest absolute Gasteiger partial charge is 0.171 e. The maximum atomic E-state index is 11.7. The second-order valence-electron chi connectivity index (χ2n) is 6.58. The van der Waals surface area contributed by atoms with Crippen LogP contribution in [0.4, 0.5) is 10.7 Å². The number of hydrogen-bond donors (Lipinski definition) is 2. The standard InChI is InChI=1S/C16H24N2OS/c1-9-3-4-11(7-9)8-18-16-13(12-5-6-12)14(17)15(20-16)10(2)19/h9,11-12,18H,3-8,17H2,1-2H3. The van der Waals surface area contributed by atoms with Crippen molar-refractivity contribution in [3.63, 3.8) is 0 Å². The number of nitrogens with one attached hydrogen (secondary N) is 1. The SMILES string of the molecule is CC(=O)c1sc(NCC2CCC(C)C2)c(C2CC2)c1N. The van der Waals surface area contributed by atoms with Crippen LogP contribution in [-0.4, -0.2) is 12.3 Å². The average molecular weight is 292 g/mol. The zero-order chi connectivity index (χ0) is 14.3. The minimum atomic E-state index is 0.0944. The van der Waals surface area contributed by atoms with Crippen LogP contribution in [0.2, 0.25) is 0 Å². The summed E-state index contributed by atoms with van der Waals surface area (Å²) in [5.41, 5.74) is 8.17. The molecule has 0 amide bonds. The van der Waals surface area contributed by atoms with E-state index in [-0.39, 0.29) is 5.78 Å². The average Bonchev–Trinajstić information content (AvgIpc) is 3.05. The summed E-state index contributed by atoms with van der Waals surface area (Å²) in [4.78, 5) is 12.4. The van der Waals surface area contributed by atoms with Gasteiger partial charge in [-0.1, -0.05) is 13.3 Å². The summed E-state index contributed by atoms with van der Waals surface area (Å²) in [6, 6.07) is 0. The lowest BCUT2D eigenvalue weighted by molar-refractivity contribution is 0.102. The summed E-state index contributed by atoms with van der Waals surface area (Å²) in [5.74, 6) is 2.33. The lowest BCUT2D eigenvalue weighted by Gasteiger charge is -2.12. The van der Waals surface area contributed by atoms with Crippen molar-refractivity contribution in [2.75, 3.05) is 17.6 Å². The number of nitrogens with two attached hydrogens (primary N) is 1. The molecule has 0 radical (unpaired) electrons. The van der Waals surface area contributed by atoms with Crippen molar-refractivity contribution in [1.82, 2.24) is 0 Å². The Morgan fingerprint density at radius 1 is 1.35 bits per heavy atom. The summed E-state index contributed by atoms with van der Waals surface area (Å²) >= 11 is 1.56. The van der Waals surface area contributed by atoms with Gasteiger partial charge in [-0.15, -0.1) is 11.3 Å². The van der Waals surface area contributed by atoms with Gasteiger partial charge >= 0.3 is 0 Å². The second-order valence-corrected chi connectivity index (χ2v) is 7.60. The molecule has 3 N–H and O–H groups in total. The Morgan fingerprint density at radius 3 is 2.65 bits per heavy atom. The van der Waals surface area contributed by atoms with E-state index in [1.54, 1.807) is 18.3 Å². The summed E-state index contributed by atoms with van der Waals surface area (Å²) < 4.78 is 0. The Labute approximate surface area is 124 Å². The Kier molecular flexibility index (Phi) is 3.76. The first-order valence-corrected chi connectivity index (χ1v) is 8.54. The normalized spacial score (nSPS) is 25.9. The number of rotatable bonds is 5. The minimum Gasteiger partial charge on any atom is -0.397 e. The molecule has 0 bridgehead atoms. The first-order chi connectivity index (χ1) is 9.56. The van der Waals surface area contributed by atoms with E-state index in [1.165, 1.54) is 37.7 Å². The van der Waals surface area contributed by atoms with Crippen LogP contribution in [0.5, 0.6) is 0 Å². The number of nitrogen functional groups attached to an aromatic ring is 1. The molecule has 2 aliphatic carbocycles. The zero-order valence-electron chi connectivity index (χ0n) is 12.4. The monoisotopic (exact) mass is 292 g/mol. The van der Waals surface area contributed by atoms with Crippen molar-refractivity contribution in [1.29, 1.82) is 0 Å². The summed E-state index contributed by atoms with van der Waals surface area (Å²) in [6.07, 6.45) is 6.44. The van der Waals surface area contributed by atoms with Crippen LogP contribution in [-0.2, 0) is 0 Å². The molecule has 20 heavy (non-hydrogen) atoms. The molecule has 2 fully saturated rings. The number of hydrogen-bond acceptors (Lipinski definition) is 4. The summed E-state index contributed by atoms with van der Waals surface area (Å²) in [5, 5.41) is 4.76. The Hall–Kier alpha value is -1.03. The zero-order valence-corrected chi connectivity index (χ0v) is 13.2. The van der Waals surface area contributed by atoms with Gasteiger partial charge in [-0.25, -0.2) is 0 Å². The Bertz CT molecular complexity index is 519. The molecule has 0 spiro atoms. The number of Topliss-reactive ketones (excluding diaryl/α,β-unsaturated/α-hetero) is 1. The number of thiophene rings is 1. The molecule has 1 heterocycles. The first kappa shape index (κ1) is 13.9. The number of carbonyl (C=O) groups excluding carboxylic acids is 1. The highest BCUT2D eigenvalue weighted by atomic mass is 32.1. The third-order valence-corrected chi connectivity index (χ3v) is 5.92. The van der Waals surface area contributed by atoms with E-state index in [0.29, 0.717) is 5.92 Å². The molecular weight excluding hydrogens is 268 g/mol. The van der Waals surface area contributed by atoms with Crippen molar-refractivity contribution < 1.29 is 4.79 Å². The highest BCUT2D eigenvalue weighted by Gasteiger charge is 2.32. The van der Waals surface area contributed by atoms with Crippen LogP contribution < -0.4 is 11.1 Å². The van der Waals surface area contributed by atoms with E-state index in [0.717, 1.165) is 33.9 Å². The molecule has 2 atom stereocenters. The number of ketones is 1. The van der Waals surface area contributed by atoms with E-state index in [1.807, 2.05) is 0 Å². The lowest BCUT2D eigenvalue weighted by Crippen LogP contribution is -2.11. The third-order valence-electron chi connectivity index (χ3n) is 4.64. The molecule has 110 valence electrons. The van der Waals surface area contributed by atoms with E-state index < -0.39 is 0 Å². The van der Waals surface area contributed by atoms with Crippen molar-refractivity contribution >= 4 is 27.8 Å². The maximum Gasteiger partial charge on any atom is 0.171 e. The van der Waals surface area contributed by atoms with E-state index in [4.69, 9.17) is 5.73 Å². The highest BCUT2D eigenvalue weighted by Crippen LogP contribution is 2.51. The molecule has 0 aliphatic heterocycles. The van der Waals surface area contributed by atoms with Gasteiger partial charge in [0.1, 0.15) is 0 Å². The molecule has 0 saturated heterocycles. The van der Waals surface area contributed by atoms with Crippen LogP contribution in [0.1, 0.15) is 67.1 Å². The maximum absolute atomic E-state index is 11.7. The fraction of sp³-hybridized carbons (Fsp3) is 0.688. The molecule has 3 nitrogen and oxygen atoms in total. The van der Waals surface area contributed by atoms with E-state index in [2.05, 4.69) is 12.2 Å². The molecule has 3 rings (SSSR count). The van der Waals surface area contributed by atoms with Gasteiger partial charge in [0.15, 0.2) is 5.78 Å². The summed E-state index contributed by atoms with van der Waals surface area (Å²) in [7, 11) is 0. The van der Waals surface area contributed by atoms with Crippen molar-refractivity contribution in [2.24, 2.45) is 11.8 Å². The largest absolute Gasteiger partial charge is 0.397 e. The molecule has 4 heteroatoms. The first-order valence-electron chi connectivity index (χ1n) is 7.73. The second kappa shape index (κ2) is 5.40. The van der Waals surface area contributed by atoms with Crippen LogP contribution in [0, 0.1) is 11.8 Å². The van der Waals surface area contributed by atoms with Crippen molar-refractivity contribution in [2.45, 2.75) is 51.9 Å². The van der Waals surface area contributed by atoms with Crippen LogP contribution in [0.15, 0.2) is 0 Å². The fourth-order valence-corrected chi connectivity index (χ4v) is 4.48. The predicted molar refractivity (Wildman–Crippen MR) is 85.7 cm³/mol. The van der Waals surface area contributed by atoms with Gasteiger partial charge < -0.3 is 11.1 Å². The molecule has 0 aromatic carbocycles. The molecule has 1 aromatic rings. The van der Waals surface area contributed by atoms with Gasteiger partial charge in [0.05, 0.1) is 15.6 Å². The highest BCUT2D eigenvalue weighted by molar-refractivity contribution is 7.18. The van der Waals surface area contributed by atoms with E-state index >= 15 is 0 Å². The fourth-order valence-electron chi connectivity index (χ4n) is 3.37. The van der Waals surface area contributed by atoms with Crippen LogP contribution >= 0.6 is 11.3 Å². The summed E-state index contributed by atoms with van der Waals surface area (Å²) in [6.45, 7) is 4.98. The number of anilines is 2. The van der Waals surface area contributed by atoms with Crippen LogP contribution in [0.25, 0.3) is 0 Å². The van der Waals surface area contributed by atoms with Gasteiger partial charge in [0.25, 0.3) is 0 Å². The van der Waals surface area contributed by atoms with Gasteiger partial charge in [-0.2, -0.15) is 0 Å². The molecule has 2 unspecified atom stereocenters. The third kappa shape index (κ3) is 2.71. The molecule has 2 saturated carbocycles. The molecule has 1 aromatic heterocycles. The molecular formula is C16H24N2OS. The minimum absolute atomic E-state index is 0.0944. The van der Waals surface area contributed by atoms with Gasteiger partial charge in [-0.05, 0) is 43.4 Å².